The molecule has 2 aromatic rings. The van der Waals surface area contributed by atoms with Crippen molar-refractivity contribution in [1.82, 2.24) is 19.7 Å². The van der Waals surface area contributed by atoms with Crippen LogP contribution in [0, 0.1) is 0 Å². The van der Waals surface area contributed by atoms with E-state index in [4.69, 9.17) is 0 Å². The molecule has 0 fully saturated rings. The Bertz CT molecular complexity index is 614. The summed E-state index contributed by atoms with van der Waals surface area (Å²) in [5, 5.41) is 17.1. The molecule has 3 rings (SSSR count). The Kier molecular flexibility index (Phi) is 2.22. The van der Waals surface area contributed by atoms with Crippen molar-refractivity contribution in [2.75, 3.05) is 6.54 Å². The molecule has 0 spiro atoms. The predicted octanol–water partition coefficient (Wildman–Crippen LogP) is -0.157. The van der Waals surface area contributed by atoms with Crippen LogP contribution in [0.4, 0.5) is 0 Å². The van der Waals surface area contributed by atoms with Gasteiger partial charge < -0.3 is 10.4 Å². The van der Waals surface area contributed by atoms with Gasteiger partial charge in [0.25, 0.3) is 0 Å². The number of hydrogen-bond donors (Lipinski definition) is 2. The maximum atomic E-state index is 12.1. The second-order valence-electron chi connectivity index (χ2n) is 3.93. The maximum absolute atomic E-state index is 12.1. The van der Waals surface area contributed by atoms with Gasteiger partial charge in [0.05, 0.1) is 6.54 Å². The number of aromatic nitrogens is 3. The highest BCUT2D eigenvalue weighted by atomic mass is 16.3. The molecule has 0 saturated carbocycles. The molecule has 6 nitrogen and oxygen atoms in total. The Morgan fingerprint density at radius 2 is 2.18 bits per heavy atom. The largest absolute Gasteiger partial charge is 0.506 e. The van der Waals surface area contributed by atoms with Crippen LogP contribution in [-0.2, 0) is 13.1 Å². The molecule has 0 aliphatic carbocycles. The van der Waals surface area contributed by atoms with Crippen LogP contribution in [0.15, 0.2) is 29.1 Å². The van der Waals surface area contributed by atoms with Crippen LogP contribution in [0.5, 0.6) is 5.75 Å². The highest BCUT2D eigenvalue weighted by Gasteiger charge is 2.18. The molecule has 1 aromatic carbocycles. The van der Waals surface area contributed by atoms with Crippen molar-refractivity contribution in [3.8, 4) is 11.4 Å². The molecular formula is C11H12N4O2. The number of nitrogens with zero attached hydrogens (tertiary/aromatic N) is 3. The quantitative estimate of drug-likeness (QED) is 0.717. The smallest absolute Gasteiger partial charge is 0.350 e. The van der Waals surface area contributed by atoms with Crippen molar-refractivity contribution in [3.05, 3.63) is 40.6 Å². The zero-order chi connectivity index (χ0) is 11.8. The molecule has 0 radical (unpaired) electrons. The number of phenols is 1. The van der Waals surface area contributed by atoms with Gasteiger partial charge in [-0.2, -0.15) is 4.68 Å². The number of nitrogens with one attached hydrogen (secondary N) is 1. The molecule has 1 aliphatic heterocycles. The number of hydrogen-bond acceptors (Lipinski definition) is 4. The van der Waals surface area contributed by atoms with Crippen LogP contribution in [0.25, 0.3) is 5.69 Å². The summed E-state index contributed by atoms with van der Waals surface area (Å²) in [5.74, 6) is 0.752. The SMILES string of the molecule is O=c1n(-c2ccccc2O)nc2n1CCNC2. The van der Waals surface area contributed by atoms with Crippen LogP contribution in [0.1, 0.15) is 5.82 Å². The fourth-order valence-electron chi connectivity index (χ4n) is 1.98. The van der Waals surface area contributed by atoms with Gasteiger partial charge in [0.15, 0.2) is 0 Å². The number of phenolic OH excluding ortho intramolecular Hbond substituents is 1. The van der Waals surface area contributed by atoms with E-state index >= 15 is 0 Å². The molecular weight excluding hydrogens is 220 g/mol. The minimum absolute atomic E-state index is 0.0537. The van der Waals surface area contributed by atoms with Crippen LogP contribution < -0.4 is 11.0 Å². The van der Waals surface area contributed by atoms with Crippen LogP contribution in [0.2, 0.25) is 0 Å². The van der Waals surface area contributed by atoms with E-state index in [9.17, 15) is 9.90 Å². The van der Waals surface area contributed by atoms with E-state index in [0.717, 1.165) is 6.54 Å². The van der Waals surface area contributed by atoms with E-state index < -0.39 is 0 Å². The Morgan fingerprint density at radius 1 is 1.35 bits per heavy atom. The third kappa shape index (κ3) is 1.53. The van der Waals surface area contributed by atoms with Gasteiger partial charge in [-0.1, -0.05) is 12.1 Å². The minimum atomic E-state index is -0.206. The van der Waals surface area contributed by atoms with E-state index in [2.05, 4.69) is 10.4 Å². The van der Waals surface area contributed by atoms with Crippen LogP contribution >= 0.6 is 0 Å². The molecule has 17 heavy (non-hydrogen) atoms. The third-order valence-electron chi connectivity index (χ3n) is 2.84. The lowest BCUT2D eigenvalue weighted by molar-refractivity contribution is 0.469. The number of fused-ring (bicyclic) bond motifs is 1. The van der Waals surface area contributed by atoms with E-state index in [0.29, 0.717) is 24.6 Å². The van der Waals surface area contributed by atoms with E-state index in [1.54, 1.807) is 28.8 Å². The Morgan fingerprint density at radius 3 is 2.94 bits per heavy atom. The average Bonchev–Trinajstić information content (AvgIpc) is 2.68. The Hall–Kier alpha value is -2.08. The molecule has 1 aromatic heterocycles. The molecule has 0 amide bonds. The fraction of sp³-hybridized carbons (Fsp3) is 0.273. The van der Waals surface area contributed by atoms with Gasteiger partial charge in [-0.3, -0.25) is 4.57 Å². The molecule has 2 N–H and O–H groups in total. The lowest BCUT2D eigenvalue weighted by Crippen LogP contribution is -2.34. The molecule has 0 bridgehead atoms. The predicted molar refractivity (Wildman–Crippen MR) is 61.2 cm³/mol. The first-order valence-electron chi connectivity index (χ1n) is 5.45. The minimum Gasteiger partial charge on any atom is -0.506 e. The summed E-state index contributed by atoms with van der Waals surface area (Å²) < 4.78 is 2.88. The molecule has 6 heteroatoms. The van der Waals surface area contributed by atoms with Gasteiger partial charge in [-0.25, -0.2) is 4.79 Å². The van der Waals surface area contributed by atoms with Gasteiger partial charge in [-0.05, 0) is 12.1 Å². The molecule has 0 saturated heterocycles. The zero-order valence-electron chi connectivity index (χ0n) is 9.13. The monoisotopic (exact) mass is 232 g/mol. The Balaban J connectivity index is 2.20. The van der Waals surface area contributed by atoms with Gasteiger partial charge in [0.2, 0.25) is 0 Å². The molecule has 88 valence electrons. The molecule has 1 aliphatic rings. The van der Waals surface area contributed by atoms with E-state index in [1.165, 1.54) is 4.68 Å². The average molecular weight is 232 g/mol. The topological polar surface area (TPSA) is 72.1 Å². The fourth-order valence-corrected chi connectivity index (χ4v) is 1.98. The maximum Gasteiger partial charge on any atom is 0.350 e. The van der Waals surface area contributed by atoms with Crippen molar-refractivity contribution < 1.29 is 5.11 Å². The number of aromatic hydroxyl groups is 1. The summed E-state index contributed by atoms with van der Waals surface area (Å²) in [6, 6.07) is 6.68. The zero-order valence-corrected chi connectivity index (χ0v) is 9.13. The standard InChI is InChI=1S/C11H12N4O2/c16-9-4-2-1-3-8(9)15-11(17)14-6-5-12-7-10(14)13-15/h1-4,12,16H,5-7H2. The second kappa shape index (κ2) is 3.74. The third-order valence-corrected chi connectivity index (χ3v) is 2.84. The first-order chi connectivity index (χ1) is 8.27. The van der Waals surface area contributed by atoms with Crippen molar-refractivity contribution >= 4 is 0 Å². The van der Waals surface area contributed by atoms with Crippen LogP contribution in [0.3, 0.4) is 0 Å². The Labute approximate surface area is 97.1 Å². The summed E-state index contributed by atoms with van der Waals surface area (Å²) in [5.41, 5.74) is 0.211. The highest BCUT2D eigenvalue weighted by molar-refractivity contribution is 5.44. The molecule has 0 unspecified atom stereocenters. The van der Waals surface area contributed by atoms with Gasteiger partial charge >= 0.3 is 5.69 Å². The van der Waals surface area contributed by atoms with Crippen molar-refractivity contribution in [2.24, 2.45) is 0 Å². The lowest BCUT2D eigenvalue weighted by atomic mass is 10.3. The van der Waals surface area contributed by atoms with Gasteiger partial charge in [0.1, 0.15) is 17.3 Å². The van der Waals surface area contributed by atoms with Crippen molar-refractivity contribution in [3.63, 3.8) is 0 Å². The highest BCUT2D eigenvalue weighted by Crippen LogP contribution is 2.18. The number of benzene rings is 1. The summed E-state index contributed by atoms with van der Waals surface area (Å²) in [6.07, 6.45) is 0. The molecule has 2 heterocycles. The summed E-state index contributed by atoms with van der Waals surface area (Å²) in [7, 11) is 0. The summed E-state index contributed by atoms with van der Waals surface area (Å²) >= 11 is 0. The number of para-hydroxylation sites is 2. The van der Waals surface area contributed by atoms with E-state index in [-0.39, 0.29) is 11.4 Å². The van der Waals surface area contributed by atoms with Crippen molar-refractivity contribution in [2.45, 2.75) is 13.1 Å². The van der Waals surface area contributed by atoms with Crippen LogP contribution in [-0.4, -0.2) is 26.0 Å². The van der Waals surface area contributed by atoms with Gasteiger partial charge in [0, 0.05) is 13.1 Å². The number of rotatable bonds is 1. The molecule has 0 atom stereocenters. The first-order valence-corrected chi connectivity index (χ1v) is 5.45. The van der Waals surface area contributed by atoms with E-state index in [1.807, 2.05) is 0 Å². The van der Waals surface area contributed by atoms with Gasteiger partial charge in [-0.15, -0.1) is 5.10 Å². The lowest BCUT2D eigenvalue weighted by Gasteiger charge is -2.11. The van der Waals surface area contributed by atoms with Crippen molar-refractivity contribution in [1.29, 1.82) is 0 Å². The first kappa shape index (κ1) is 10.1. The normalized spacial score (nSPS) is 14.6. The summed E-state index contributed by atoms with van der Waals surface area (Å²) in [6.45, 7) is 1.96. The second-order valence-corrected chi connectivity index (χ2v) is 3.93. The summed E-state index contributed by atoms with van der Waals surface area (Å²) in [4.78, 5) is 12.1.